The summed E-state index contributed by atoms with van der Waals surface area (Å²) in [6.07, 6.45) is 2.07. The van der Waals surface area contributed by atoms with Gasteiger partial charge in [-0.25, -0.2) is 0 Å². The Morgan fingerprint density at radius 2 is 2.44 bits per heavy atom. The van der Waals surface area contributed by atoms with Crippen LogP contribution in [-0.4, -0.2) is 28.8 Å². The fourth-order valence-electron chi connectivity index (χ4n) is 1.40. The molecule has 0 bridgehead atoms. The number of ether oxygens (including phenoxy) is 1. The minimum atomic E-state index is -0.0760. The van der Waals surface area contributed by atoms with E-state index in [-0.39, 0.29) is 23.7 Å². The van der Waals surface area contributed by atoms with Gasteiger partial charge in [-0.05, 0) is 12.8 Å². The van der Waals surface area contributed by atoms with E-state index in [1.807, 2.05) is 0 Å². The quantitative estimate of drug-likeness (QED) is 0.550. The van der Waals surface area contributed by atoms with E-state index in [1.165, 1.54) is 0 Å². The van der Waals surface area contributed by atoms with Gasteiger partial charge in [0.05, 0.1) is 23.7 Å². The van der Waals surface area contributed by atoms with Gasteiger partial charge in [-0.2, -0.15) is 0 Å². The number of rotatable bonds is 1. The smallest absolute Gasteiger partial charge is 0.0828 e. The molecule has 1 N–H and O–H groups in total. The molecule has 2 rings (SSSR count). The highest BCUT2D eigenvalue weighted by molar-refractivity contribution is 6.26. The van der Waals surface area contributed by atoms with Crippen LogP contribution in [0.25, 0.3) is 0 Å². The maximum absolute atomic E-state index is 8.64. The van der Waals surface area contributed by atoms with Crippen LogP contribution in [0, 0.1) is 0 Å². The van der Waals surface area contributed by atoms with Crippen molar-refractivity contribution < 1.29 is 9.84 Å². The Bertz CT molecular complexity index is 139. The van der Waals surface area contributed by atoms with Crippen molar-refractivity contribution in [1.82, 2.24) is 0 Å². The highest BCUT2D eigenvalue weighted by atomic mass is 35.5. The molecule has 9 heavy (non-hydrogen) atoms. The molecule has 0 aromatic rings. The highest BCUT2D eigenvalue weighted by Gasteiger charge is 2.60. The molecular weight excluding hydrogens is 140 g/mol. The van der Waals surface area contributed by atoms with Crippen molar-refractivity contribution in [3.63, 3.8) is 0 Å². The number of aliphatic hydroxyl groups is 1. The van der Waals surface area contributed by atoms with Gasteiger partial charge in [0.2, 0.25) is 0 Å². The van der Waals surface area contributed by atoms with E-state index >= 15 is 0 Å². The Kier molecular flexibility index (Phi) is 1.07. The van der Waals surface area contributed by atoms with Crippen molar-refractivity contribution in [2.24, 2.45) is 0 Å². The second kappa shape index (κ2) is 1.62. The minimum absolute atomic E-state index is 0.0150. The summed E-state index contributed by atoms with van der Waals surface area (Å²) in [5.74, 6) is 0. The zero-order valence-corrected chi connectivity index (χ0v) is 5.77. The highest BCUT2D eigenvalue weighted by Crippen LogP contribution is 2.54. The third-order valence-electron chi connectivity index (χ3n) is 2.07. The fourth-order valence-corrected chi connectivity index (χ4v) is 1.76. The van der Waals surface area contributed by atoms with Crippen molar-refractivity contribution in [1.29, 1.82) is 0 Å². The summed E-state index contributed by atoms with van der Waals surface area (Å²) in [7, 11) is 0. The van der Waals surface area contributed by atoms with Gasteiger partial charge >= 0.3 is 0 Å². The topological polar surface area (TPSA) is 29.5 Å². The van der Waals surface area contributed by atoms with Crippen LogP contribution in [0.5, 0.6) is 0 Å². The van der Waals surface area contributed by atoms with Crippen LogP contribution in [0.3, 0.4) is 0 Å². The van der Waals surface area contributed by atoms with Crippen molar-refractivity contribution in [3.8, 4) is 0 Å². The number of aliphatic hydroxyl groups excluding tert-OH is 1. The van der Waals surface area contributed by atoms with Gasteiger partial charge in [0.25, 0.3) is 0 Å². The summed E-state index contributed by atoms with van der Waals surface area (Å²) in [6.45, 7) is 0.116. The van der Waals surface area contributed by atoms with E-state index < -0.39 is 0 Å². The Balaban J connectivity index is 1.98. The van der Waals surface area contributed by atoms with E-state index in [0.717, 1.165) is 12.8 Å². The lowest BCUT2D eigenvalue weighted by molar-refractivity contribution is 0.0305. The van der Waals surface area contributed by atoms with Gasteiger partial charge < -0.3 is 9.84 Å². The summed E-state index contributed by atoms with van der Waals surface area (Å²) in [4.78, 5) is -0.0760. The predicted molar refractivity (Wildman–Crippen MR) is 33.6 cm³/mol. The maximum Gasteiger partial charge on any atom is 0.0828 e. The monoisotopic (exact) mass is 148 g/mol. The van der Waals surface area contributed by atoms with Crippen LogP contribution in [0.1, 0.15) is 12.8 Å². The number of halogens is 1. The Hall–Kier alpha value is 0.210. The van der Waals surface area contributed by atoms with Gasteiger partial charge in [-0.1, -0.05) is 0 Å². The molecule has 2 aliphatic rings. The fraction of sp³-hybridized carbons (Fsp3) is 1.00. The predicted octanol–water partition coefficient (Wildman–Crippen LogP) is 0.518. The summed E-state index contributed by atoms with van der Waals surface area (Å²) >= 11 is 5.98. The number of hydrogen-bond acceptors (Lipinski definition) is 2. The number of alkyl halides is 1. The van der Waals surface area contributed by atoms with E-state index in [2.05, 4.69) is 0 Å². The van der Waals surface area contributed by atoms with E-state index in [0.29, 0.717) is 0 Å². The molecule has 2 nitrogen and oxygen atoms in total. The van der Waals surface area contributed by atoms with Crippen LogP contribution < -0.4 is 0 Å². The molecule has 0 aromatic carbocycles. The molecule has 3 heteroatoms. The standard InChI is InChI=1S/C6H9ClO2/c7-6-1-4(3-8)9-5(6)2-6/h4-5,8H,1-3H2. The minimum Gasteiger partial charge on any atom is -0.394 e. The third-order valence-corrected chi connectivity index (χ3v) is 2.62. The van der Waals surface area contributed by atoms with E-state index in [9.17, 15) is 0 Å². The molecule has 0 aromatic heterocycles. The first-order valence-corrected chi connectivity index (χ1v) is 3.58. The summed E-state index contributed by atoms with van der Waals surface area (Å²) in [6, 6.07) is 0. The maximum atomic E-state index is 8.64. The zero-order valence-electron chi connectivity index (χ0n) is 5.01. The molecule has 1 aliphatic heterocycles. The molecule has 0 radical (unpaired) electrons. The number of hydrogen-bond donors (Lipinski definition) is 1. The average Bonchev–Trinajstić information content (AvgIpc) is 2.33. The largest absolute Gasteiger partial charge is 0.394 e. The molecule has 1 saturated carbocycles. The normalized spacial score (nSPS) is 55.3. The van der Waals surface area contributed by atoms with E-state index in [1.54, 1.807) is 0 Å². The zero-order chi connectivity index (χ0) is 6.48. The first kappa shape index (κ1) is 5.96. The van der Waals surface area contributed by atoms with Crippen molar-refractivity contribution >= 4 is 11.6 Å². The van der Waals surface area contributed by atoms with Crippen molar-refractivity contribution in [3.05, 3.63) is 0 Å². The first-order chi connectivity index (χ1) is 4.24. The first-order valence-electron chi connectivity index (χ1n) is 3.20. The van der Waals surface area contributed by atoms with Gasteiger partial charge in [0.15, 0.2) is 0 Å². The van der Waals surface area contributed by atoms with E-state index in [4.69, 9.17) is 21.4 Å². The molecule has 1 aliphatic carbocycles. The van der Waals surface area contributed by atoms with Crippen molar-refractivity contribution in [2.75, 3.05) is 6.61 Å². The Morgan fingerprint density at radius 1 is 1.67 bits per heavy atom. The van der Waals surface area contributed by atoms with Gasteiger partial charge in [0.1, 0.15) is 0 Å². The molecular formula is C6H9ClO2. The van der Waals surface area contributed by atoms with Crippen molar-refractivity contribution in [2.45, 2.75) is 29.9 Å². The van der Waals surface area contributed by atoms with Gasteiger partial charge in [-0.3, -0.25) is 0 Å². The summed E-state index contributed by atoms with van der Waals surface area (Å²) in [5.41, 5.74) is 0. The Morgan fingerprint density at radius 3 is 2.78 bits per heavy atom. The van der Waals surface area contributed by atoms with Crippen LogP contribution >= 0.6 is 11.6 Å². The summed E-state index contributed by atoms with van der Waals surface area (Å²) < 4.78 is 5.31. The SMILES string of the molecule is OCC1CC2(Cl)CC2O1. The average molecular weight is 149 g/mol. The molecule has 3 atom stereocenters. The second-order valence-corrected chi connectivity index (χ2v) is 3.62. The van der Waals surface area contributed by atoms with Crippen LogP contribution in [0.2, 0.25) is 0 Å². The van der Waals surface area contributed by atoms with Crippen LogP contribution in [0.15, 0.2) is 0 Å². The lowest BCUT2D eigenvalue weighted by Crippen LogP contribution is -2.14. The molecule has 1 saturated heterocycles. The molecule has 0 spiro atoms. The van der Waals surface area contributed by atoms with Crippen LogP contribution in [0.4, 0.5) is 0 Å². The lowest BCUT2D eigenvalue weighted by atomic mass is 10.2. The molecule has 0 amide bonds. The lowest BCUT2D eigenvalue weighted by Gasteiger charge is -2.06. The molecule has 52 valence electrons. The summed E-state index contributed by atoms with van der Waals surface area (Å²) in [5, 5.41) is 8.64. The third kappa shape index (κ3) is 0.775. The molecule has 3 unspecified atom stereocenters. The number of fused-ring (bicyclic) bond motifs is 1. The van der Waals surface area contributed by atoms with Crippen LogP contribution in [-0.2, 0) is 4.74 Å². The second-order valence-electron chi connectivity index (χ2n) is 2.87. The molecule has 2 fully saturated rings. The van der Waals surface area contributed by atoms with Gasteiger partial charge in [-0.15, -0.1) is 11.6 Å². The van der Waals surface area contributed by atoms with Gasteiger partial charge in [0, 0.05) is 0 Å². The molecule has 1 heterocycles. The Labute approximate surface area is 58.8 Å².